The number of nitro benzene ring substituents is 1. The lowest BCUT2D eigenvalue weighted by Gasteiger charge is -2.15. The van der Waals surface area contributed by atoms with E-state index in [9.17, 15) is 14.9 Å². The number of nitro groups is 1. The van der Waals surface area contributed by atoms with E-state index in [1.807, 2.05) is 31.2 Å². The third kappa shape index (κ3) is 4.46. The van der Waals surface area contributed by atoms with Crippen LogP contribution in [0.25, 0.3) is 5.69 Å². The van der Waals surface area contributed by atoms with E-state index >= 15 is 0 Å². The highest BCUT2D eigenvalue weighted by atomic mass is 16.6. The van der Waals surface area contributed by atoms with E-state index in [-0.39, 0.29) is 30.0 Å². The Morgan fingerprint density at radius 3 is 2.67 bits per heavy atom. The van der Waals surface area contributed by atoms with Gasteiger partial charge in [0, 0.05) is 6.07 Å². The van der Waals surface area contributed by atoms with Gasteiger partial charge in [0.1, 0.15) is 12.7 Å². The lowest BCUT2D eigenvalue weighted by atomic mass is 10.1. The summed E-state index contributed by atoms with van der Waals surface area (Å²) >= 11 is 0. The molecule has 1 heterocycles. The van der Waals surface area contributed by atoms with Crippen molar-refractivity contribution in [3.63, 3.8) is 0 Å². The number of benzene rings is 2. The van der Waals surface area contributed by atoms with Crippen LogP contribution in [-0.4, -0.2) is 32.2 Å². The molecule has 0 spiro atoms. The van der Waals surface area contributed by atoms with Crippen molar-refractivity contribution in [3.05, 3.63) is 76.9 Å². The van der Waals surface area contributed by atoms with Gasteiger partial charge in [-0.2, -0.15) is 5.10 Å². The molecule has 9 nitrogen and oxygen atoms in total. The molecule has 0 aliphatic carbocycles. The Hall–Kier alpha value is -3.75. The Bertz CT molecular complexity index is 925. The fourth-order valence-electron chi connectivity index (χ4n) is 2.50. The van der Waals surface area contributed by atoms with E-state index < -0.39 is 4.92 Å². The number of amides is 1. The molecule has 138 valence electrons. The molecule has 1 atom stereocenters. The highest BCUT2D eigenvalue weighted by molar-refractivity contribution is 5.78. The number of carbonyl (C=O) groups is 1. The van der Waals surface area contributed by atoms with Crippen molar-refractivity contribution in [2.75, 3.05) is 6.61 Å². The summed E-state index contributed by atoms with van der Waals surface area (Å²) in [6, 6.07) is 13.2. The Kier molecular flexibility index (Phi) is 5.41. The van der Waals surface area contributed by atoms with Gasteiger partial charge in [0.25, 0.3) is 5.91 Å². The van der Waals surface area contributed by atoms with Crippen LogP contribution in [-0.2, 0) is 4.79 Å². The van der Waals surface area contributed by atoms with E-state index in [1.165, 1.54) is 24.5 Å². The molecule has 27 heavy (non-hydrogen) atoms. The number of hydrogen-bond acceptors (Lipinski definition) is 6. The zero-order valence-electron chi connectivity index (χ0n) is 14.5. The molecule has 3 rings (SSSR count). The van der Waals surface area contributed by atoms with Gasteiger partial charge in [0.15, 0.2) is 12.4 Å². The smallest absolute Gasteiger partial charge is 0.310 e. The van der Waals surface area contributed by atoms with Gasteiger partial charge in [0.05, 0.1) is 16.7 Å². The van der Waals surface area contributed by atoms with Crippen molar-refractivity contribution in [3.8, 4) is 11.4 Å². The van der Waals surface area contributed by atoms with Crippen LogP contribution in [0.2, 0.25) is 0 Å². The molecular weight excluding hydrogens is 350 g/mol. The number of hydrogen-bond donors (Lipinski definition) is 1. The highest BCUT2D eigenvalue weighted by Gasteiger charge is 2.16. The molecule has 0 saturated heterocycles. The second-order valence-corrected chi connectivity index (χ2v) is 5.73. The first-order chi connectivity index (χ1) is 13.0. The average molecular weight is 367 g/mol. The summed E-state index contributed by atoms with van der Waals surface area (Å²) in [5, 5.41) is 17.8. The lowest BCUT2D eigenvalue weighted by molar-refractivity contribution is -0.385. The summed E-state index contributed by atoms with van der Waals surface area (Å²) in [5.74, 6) is -0.316. The number of aromatic nitrogens is 3. The maximum Gasteiger partial charge on any atom is 0.310 e. The number of nitrogens with zero attached hydrogens (tertiary/aromatic N) is 4. The molecular formula is C18H17N5O4. The van der Waals surface area contributed by atoms with Crippen molar-refractivity contribution in [2.24, 2.45) is 0 Å². The molecule has 3 aromatic rings. The Labute approximate surface area is 154 Å². The maximum absolute atomic E-state index is 12.1. The van der Waals surface area contributed by atoms with Crippen LogP contribution in [0.1, 0.15) is 18.5 Å². The van der Waals surface area contributed by atoms with Crippen LogP contribution in [0.15, 0.2) is 61.2 Å². The number of carbonyl (C=O) groups excluding carboxylic acids is 1. The van der Waals surface area contributed by atoms with Crippen LogP contribution < -0.4 is 10.1 Å². The largest absolute Gasteiger partial charge is 0.477 e. The Morgan fingerprint density at radius 1 is 1.26 bits per heavy atom. The van der Waals surface area contributed by atoms with Crippen molar-refractivity contribution in [1.29, 1.82) is 0 Å². The van der Waals surface area contributed by atoms with Gasteiger partial charge in [-0.25, -0.2) is 9.67 Å². The van der Waals surface area contributed by atoms with Crippen LogP contribution in [0, 0.1) is 10.1 Å². The van der Waals surface area contributed by atoms with Crippen molar-refractivity contribution < 1.29 is 14.5 Å². The molecule has 0 aliphatic rings. The average Bonchev–Trinajstić information content (AvgIpc) is 3.21. The minimum atomic E-state index is -0.549. The first kappa shape index (κ1) is 18.1. The van der Waals surface area contributed by atoms with E-state index in [2.05, 4.69) is 15.4 Å². The molecule has 1 unspecified atom stereocenters. The second-order valence-electron chi connectivity index (χ2n) is 5.73. The molecule has 1 amide bonds. The van der Waals surface area contributed by atoms with Crippen molar-refractivity contribution in [2.45, 2.75) is 13.0 Å². The minimum Gasteiger partial charge on any atom is -0.477 e. The predicted octanol–water partition coefficient (Wildman–Crippen LogP) is 2.43. The zero-order valence-corrected chi connectivity index (χ0v) is 14.5. The highest BCUT2D eigenvalue weighted by Crippen LogP contribution is 2.25. The third-order valence-corrected chi connectivity index (χ3v) is 3.87. The van der Waals surface area contributed by atoms with Gasteiger partial charge in [-0.15, -0.1) is 0 Å². The minimum absolute atomic E-state index is 0.0579. The third-order valence-electron chi connectivity index (χ3n) is 3.87. The number of para-hydroxylation sites is 2. The summed E-state index contributed by atoms with van der Waals surface area (Å²) in [7, 11) is 0. The summed E-state index contributed by atoms with van der Waals surface area (Å²) in [5.41, 5.74) is 1.58. The number of rotatable bonds is 7. The molecule has 1 aromatic heterocycles. The summed E-state index contributed by atoms with van der Waals surface area (Å²) < 4.78 is 6.93. The predicted molar refractivity (Wildman–Crippen MR) is 96.5 cm³/mol. The monoisotopic (exact) mass is 367 g/mol. The quantitative estimate of drug-likeness (QED) is 0.507. The normalized spacial score (nSPS) is 11.6. The first-order valence-corrected chi connectivity index (χ1v) is 8.15. The Balaban J connectivity index is 1.57. The first-order valence-electron chi connectivity index (χ1n) is 8.15. The van der Waals surface area contributed by atoms with Gasteiger partial charge in [-0.3, -0.25) is 14.9 Å². The van der Waals surface area contributed by atoms with Gasteiger partial charge < -0.3 is 10.1 Å². The zero-order chi connectivity index (χ0) is 19.2. The van der Waals surface area contributed by atoms with E-state index in [0.717, 1.165) is 11.3 Å². The van der Waals surface area contributed by atoms with Gasteiger partial charge >= 0.3 is 5.69 Å². The molecule has 0 saturated carbocycles. The van der Waals surface area contributed by atoms with Gasteiger partial charge in [0.2, 0.25) is 0 Å². The van der Waals surface area contributed by atoms with E-state index in [4.69, 9.17) is 4.74 Å². The summed E-state index contributed by atoms with van der Waals surface area (Å²) in [6.45, 7) is 1.53. The van der Waals surface area contributed by atoms with Crippen molar-refractivity contribution >= 4 is 11.6 Å². The lowest BCUT2D eigenvalue weighted by Crippen LogP contribution is -2.31. The molecule has 2 aromatic carbocycles. The second kappa shape index (κ2) is 8.09. The molecule has 0 fully saturated rings. The molecule has 0 aliphatic heterocycles. The van der Waals surface area contributed by atoms with Crippen molar-refractivity contribution in [1.82, 2.24) is 20.1 Å². The van der Waals surface area contributed by atoms with Crippen LogP contribution >= 0.6 is 0 Å². The van der Waals surface area contributed by atoms with Crippen LogP contribution in [0.4, 0.5) is 5.69 Å². The summed E-state index contributed by atoms with van der Waals surface area (Å²) in [6.07, 6.45) is 3.05. The Morgan fingerprint density at radius 2 is 2.00 bits per heavy atom. The van der Waals surface area contributed by atoms with E-state index in [0.29, 0.717) is 0 Å². The molecule has 9 heteroatoms. The molecule has 0 radical (unpaired) electrons. The maximum atomic E-state index is 12.1. The standard InChI is InChI=1S/C18H17N5O4/c1-13(14-6-8-15(9-7-14)22-12-19-11-20-22)21-18(24)10-27-17-5-3-2-4-16(17)23(25)26/h2-9,11-13H,10H2,1H3,(H,21,24). The number of nitrogens with one attached hydrogen (secondary N) is 1. The van der Waals surface area contributed by atoms with Gasteiger partial charge in [-0.05, 0) is 30.7 Å². The van der Waals surface area contributed by atoms with Crippen LogP contribution in [0.5, 0.6) is 5.75 Å². The SMILES string of the molecule is CC(NC(=O)COc1ccccc1[N+](=O)[O-])c1ccc(-n2cncn2)cc1. The fourth-order valence-corrected chi connectivity index (χ4v) is 2.50. The number of ether oxygens (including phenoxy) is 1. The molecule has 0 bridgehead atoms. The van der Waals surface area contributed by atoms with Crippen LogP contribution in [0.3, 0.4) is 0 Å². The fraction of sp³-hybridized carbons (Fsp3) is 0.167. The summed E-state index contributed by atoms with van der Waals surface area (Å²) in [4.78, 5) is 26.4. The van der Waals surface area contributed by atoms with E-state index in [1.54, 1.807) is 17.1 Å². The molecule has 1 N–H and O–H groups in total. The van der Waals surface area contributed by atoms with Gasteiger partial charge in [-0.1, -0.05) is 24.3 Å². The topological polar surface area (TPSA) is 112 Å².